The number of hydrogen-bond donors (Lipinski definition) is 1. The lowest BCUT2D eigenvalue weighted by atomic mass is 9.86. The van der Waals surface area contributed by atoms with Gasteiger partial charge in [0.1, 0.15) is 0 Å². The van der Waals surface area contributed by atoms with Gasteiger partial charge < -0.3 is 5.11 Å². The molecule has 0 aromatic rings. The van der Waals surface area contributed by atoms with Crippen LogP contribution < -0.4 is 0 Å². The van der Waals surface area contributed by atoms with Gasteiger partial charge in [-0.15, -0.1) is 0 Å². The molecule has 1 nitrogen and oxygen atoms in total. The smallest absolute Gasteiger partial charge is 0.0594 e. The minimum absolute atomic E-state index is 0.138. The van der Waals surface area contributed by atoms with Crippen molar-refractivity contribution in [3.63, 3.8) is 0 Å². The van der Waals surface area contributed by atoms with E-state index < -0.39 is 0 Å². The highest BCUT2D eigenvalue weighted by Crippen LogP contribution is 2.26. The summed E-state index contributed by atoms with van der Waals surface area (Å²) in [4.78, 5) is 0. The van der Waals surface area contributed by atoms with Crippen LogP contribution in [0, 0.1) is 17.8 Å². The zero-order valence-corrected chi connectivity index (χ0v) is 12.6. The topological polar surface area (TPSA) is 20.2 Å². The van der Waals surface area contributed by atoms with Crippen molar-refractivity contribution in [3.05, 3.63) is 12.2 Å². The van der Waals surface area contributed by atoms with Gasteiger partial charge in [0.25, 0.3) is 0 Å². The van der Waals surface area contributed by atoms with Gasteiger partial charge in [-0.3, -0.25) is 0 Å². The first kappa shape index (κ1) is 15.8. The van der Waals surface area contributed by atoms with E-state index in [0.29, 0.717) is 11.8 Å². The molecule has 1 heteroatoms. The van der Waals surface area contributed by atoms with Crippen LogP contribution in [-0.2, 0) is 0 Å². The van der Waals surface area contributed by atoms with Crippen molar-refractivity contribution in [3.8, 4) is 0 Å². The summed E-state index contributed by atoms with van der Waals surface area (Å²) in [5, 5.41) is 10.2. The quantitative estimate of drug-likeness (QED) is 0.636. The fourth-order valence-electron chi connectivity index (χ4n) is 3.14. The maximum absolute atomic E-state index is 10.2. The molecule has 1 rings (SSSR count). The highest BCUT2D eigenvalue weighted by Gasteiger charge is 2.19. The van der Waals surface area contributed by atoms with Crippen LogP contribution in [-0.4, -0.2) is 11.2 Å². The molecule has 3 atom stereocenters. The molecule has 0 aromatic heterocycles. The van der Waals surface area contributed by atoms with Crippen molar-refractivity contribution >= 4 is 0 Å². The highest BCUT2D eigenvalue weighted by molar-refractivity contribution is 4.91. The summed E-state index contributed by atoms with van der Waals surface area (Å²) in [5.74, 6) is 1.65. The lowest BCUT2D eigenvalue weighted by molar-refractivity contribution is 0.0619. The van der Waals surface area contributed by atoms with Gasteiger partial charge >= 0.3 is 0 Å². The van der Waals surface area contributed by atoms with Gasteiger partial charge in [-0.2, -0.15) is 0 Å². The summed E-state index contributed by atoms with van der Waals surface area (Å²) < 4.78 is 0. The Morgan fingerprint density at radius 2 is 1.78 bits per heavy atom. The van der Waals surface area contributed by atoms with Gasteiger partial charge in [0.15, 0.2) is 0 Å². The number of aliphatic hydroxyl groups is 1. The van der Waals surface area contributed by atoms with E-state index in [9.17, 15) is 5.11 Å². The summed E-state index contributed by atoms with van der Waals surface area (Å²) >= 11 is 0. The highest BCUT2D eigenvalue weighted by atomic mass is 16.3. The van der Waals surface area contributed by atoms with Crippen molar-refractivity contribution in [2.45, 2.75) is 78.2 Å². The molecule has 1 N–H and O–H groups in total. The molecular weight excluding hydrogens is 220 g/mol. The first-order valence-corrected chi connectivity index (χ1v) is 7.99. The molecule has 1 fully saturated rings. The Morgan fingerprint density at radius 3 is 2.39 bits per heavy atom. The van der Waals surface area contributed by atoms with Crippen molar-refractivity contribution < 1.29 is 5.11 Å². The average Bonchev–Trinajstić information content (AvgIpc) is 2.39. The van der Waals surface area contributed by atoms with Crippen LogP contribution in [0.2, 0.25) is 0 Å². The van der Waals surface area contributed by atoms with Gasteiger partial charge in [-0.25, -0.2) is 0 Å². The molecule has 0 heterocycles. The molecule has 0 aromatic carbocycles. The molecule has 106 valence electrons. The Bertz CT molecular complexity index is 228. The molecule has 18 heavy (non-hydrogen) atoms. The van der Waals surface area contributed by atoms with Gasteiger partial charge in [0.2, 0.25) is 0 Å². The SMILES string of the molecule is CCCC(C)C(O)C(C)C/C=C/C1CCCCC1. The second kappa shape index (κ2) is 8.74. The van der Waals surface area contributed by atoms with E-state index in [2.05, 4.69) is 32.9 Å². The molecule has 0 aliphatic heterocycles. The normalized spacial score (nSPS) is 23.1. The molecule has 0 bridgehead atoms. The monoisotopic (exact) mass is 252 g/mol. The summed E-state index contributed by atoms with van der Waals surface area (Å²) in [6.07, 6.45) is 14.9. The minimum atomic E-state index is -0.138. The van der Waals surface area contributed by atoms with Crippen LogP contribution in [0.4, 0.5) is 0 Å². The molecule has 1 saturated carbocycles. The Balaban J connectivity index is 2.26. The Labute approximate surface area is 114 Å². The van der Waals surface area contributed by atoms with E-state index in [4.69, 9.17) is 0 Å². The van der Waals surface area contributed by atoms with Crippen LogP contribution in [0.5, 0.6) is 0 Å². The number of rotatable bonds is 7. The summed E-state index contributed by atoms with van der Waals surface area (Å²) in [6, 6.07) is 0. The maximum Gasteiger partial charge on any atom is 0.0594 e. The number of allylic oxidation sites excluding steroid dienone is 2. The van der Waals surface area contributed by atoms with E-state index in [1.54, 1.807) is 0 Å². The fourth-order valence-corrected chi connectivity index (χ4v) is 3.14. The summed E-state index contributed by atoms with van der Waals surface area (Å²) in [6.45, 7) is 6.55. The van der Waals surface area contributed by atoms with Crippen LogP contribution >= 0.6 is 0 Å². The first-order chi connectivity index (χ1) is 8.65. The zero-order valence-electron chi connectivity index (χ0n) is 12.6. The lowest BCUT2D eigenvalue weighted by Gasteiger charge is -2.24. The third kappa shape index (κ3) is 5.56. The van der Waals surface area contributed by atoms with E-state index in [1.165, 1.54) is 38.5 Å². The van der Waals surface area contributed by atoms with Gasteiger partial charge in [-0.1, -0.05) is 58.6 Å². The predicted molar refractivity (Wildman–Crippen MR) is 79.6 cm³/mol. The molecule has 0 amide bonds. The maximum atomic E-state index is 10.2. The fraction of sp³-hybridized carbons (Fsp3) is 0.882. The van der Waals surface area contributed by atoms with E-state index in [-0.39, 0.29) is 6.10 Å². The number of aliphatic hydroxyl groups excluding tert-OH is 1. The minimum Gasteiger partial charge on any atom is -0.393 e. The second-order valence-corrected chi connectivity index (χ2v) is 6.30. The standard InChI is InChI=1S/C17H32O/c1-4-9-14(2)17(18)15(3)10-8-13-16-11-6-5-7-12-16/h8,13-18H,4-7,9-12H2,1-3H3/b13-8+. The molecular formula is C17H32O. The zero-order chi connectivity index (χ0) is 13.4. The third-order valence-electron chi connectivity index (χ3n) is 4.48. The summed E-state index contributed by atoms with van der Waals surface area (Å²) in [5.41, 5.74) is 0. The molecule has 0 spiro atoms. The first-order valence-electron chi connectivity index (χ1n) is 7.99. The Hall–Kier alpha value is -0.300. The molecule has 3 unspecified atom stereocenters. The van der Waals surface area contributed by atoms with Crippen LogP contribution in [0.25, 0.3) is 0 Å². The van der Waals surface area contributed by atoms with Crippen molar-refractivity contribution in [1.82, 2.24) is 0 Å². The van der Waals surface area contributed by atoms with Crippen LogP contribution in [0.1, 0.15) is 72.1 Å². The largest absolute Gasteiger partial charge is 0.393 e. The Morgan fingerprint density at radius 1 is 1.11 bits per heavy atom. The Kier molecular flexibility index (Phi) is 7.65. The molecule has 0 saturated heterocycles. The van der Waals surface area contributed by atoms with E-state index >= 15 is 0 Å². The second-order valence-electron chi connectivity index (χ2n) is 6.30. The van der Waals surface area contributed by atoms with Crippen LogP contribution in [0.3, 0.4) is 0 Å². The average molecular weight is 252 g/mol. The van der Waals surface area contributed by atoms with Crippen molar-refractivity contribution in [2.75, 3.05) is 0 Å². The van der Waals surface area contributed by atoms with Crippen molar-refractivity contribution in [1.29, 1.82) is 0 Å². The molecule has 0 radical (unpaired) electrons. The van der Waals surface area contributed by atoms with E-state index in [1.807, 2.05) is 0 Å². The molecule has 1 aliphatic carbocycles. The van der Waals surface area contributed by atoms with Gasteiger partial charge in [0.05, 0.1) is 6.10 Å². The van der Waals surface area contributed by atoms with E-state index in [0.717, 1.165) is 18.8 Å². The van der Waals surface area contributed by atoms with Gasteiger partial charge in [-0.05, 0) is 43.4 Å². The van der Waals surface area contributed by atoms with Crippen molar-refractivity contribution in [2.24, 2.45) is 17.8 Å². The summed E-state index contributed by atoms with van der Waals surface area (Å²) in [7, 11) is 0. The van der Waals surface area contributed by atoms with Crippen LogP contribution in [0.15, 0.2) is 12.2 Å². The predicted octanol–water partition coefficient (Wildman–Crippen LogP) is 4.95. The van der Waals surface area contributed by atoms with Gasteiger partial charge in [0, 0.05) is 0 Å². The lowest BCUT2D eigenvalue weighted by Crippen LogP contribution is -2.25. The third-order valence-corrected chi connectivity index (χ3v) is 4.48. The number of hydrogen-bond acceptors (Lipinski definition) is 1. The molecule has 1 aliphatic rings.